The molecule has 0 aromatic heterocycles. The highest BCUT2D eigenvalue weighted by atomic mass is 127. The van der Waals surface area contributed by atoms with Crippen LogP contribution in [0.1, 0.15) is 11.1 Å². The molecule has 0 fully saturated rings. The van der Waals surface area contributed by atoms with Gasteiger partial charge in [-0.15, -0.1) is 24.0 Å². The van der Waals surface area contributed by atoms with Gasteiger partial charge in [0.15, 0.2) is 5.96 Å². The van der Waals surface area contributed by atoms with E-state index in [9.17, 15) is 8.78 Å². The van der Waals surface area contributed by atoms with E-state index in [0.29, 0.717) is 31.0 Å². The average molecular weight is 461 g/mol. The Morgan fingerprint density at radius 2 is 1.80 bits per heavy atom. The van der Waals surface area contributed by atoms with Crippen LogP contribution in [0.4, 0.5) is 8.78 Å². The Labute approximate surface area is 163 Å². The highest BCUT2D eigenvalue weighted by molar-refractivity contribution is 14.0. The van der Waals surface area contributed by atoms with Gasteiger partial charge in [0.2, 0.25) is 0 Å². The van der Waals surface area contributed by atoms with E-state index in [0.717, 1.165) is 17.4 Å². The van der Waals surface area contributed by atoms with Crippen LogP contribution in [0.15, 0.2) is 47.5 Å². The first kappa shape index (κ1) is 21.1. The maximum Gasteiger partial charge on any atom is 0.191 e. The normalized spacial score (nSPS) is 10.8. The lowest BCUT2D eigenvalue weighted by Gasteiger charge is -2.12. The summed E-state index contributed by atoms with van der Waals surface area (Å²) < 4.78 is 31.6. The zero-order valence-electron chi connectivity index (χ0n) is 14.2. The maximum absolute atomic E-state index is 13.6. The molecular weight excluding hydrogens is 439 g/mol. The van der Waals surface area contributed by atoms with E-state index in [4.69, 9.17) is 4.74 Å². The number of nitrogens with one attached hydrogen (secondary N) is 2. The number of methoxy groups -OCH3 is 1. The molecule has 2 N–H and O–H groups in total. The first-order chi connectivity index (χ1) is 11.6. The molecule has 0 spiro atoms. The van der Waals surface area contributed by atoms with Crippen LogP contribution in [0.5, 0.6) is 5.75 Å². The van der Waals surface area contributed by atoms with Crippen LogP contribution in [0.3, 0.4) is 0 Å². The van der Waals surface area contributed by atoms with E-state index in [1.54, 1.807) is 14.2 Å². The Morgan fingerprint density at radius 1 is 1.08 bits per heavy atom. The fourth-order valence-corrected chi connectivity index (χ4v) is 2.19. The average Bonchev–Trinajstić information content (AvgIpc) is 2.60. The van der Waals surface area contributed by atoms with Crippen LogP contribution < -0.4 is 15.4 Å². The van der Waals surface area contributed by atoms with Crippen molar-refractivity contribution in [3.63, 3.8) is 0 Å². The van der Waals surface area contributed by atoms with Crippen LogP contribution in [0.2, 0.25) is 0 Å². The molecule has 136 valence electrons. The second kappa shape index (κ2) is 10.9. The second-order valence-electron chi connectivity index (χ2n) is 5.19. The first-order valence-corrected chi connectivity index (χ1v) is 7.63. The van der Waals surface area contributed by atoms with Crippen molar-refractivity contribution < 1.29 is 13.5 Å². The van der Waals surface area contributed by atoms with Crippen molar-refractivity contribution in [3.05, 3.63) is 65.2 Å². The van der Waals surface area contributed by atoms with Gasteiger partial charge in [-0.1, -0.05) is 18.2 Å². The van der Waals surface area contributed by atoms with Gasteiger partial charge in [-0.25, -0.2) is 8.78 Å². The predicted octanol–water partition coefficient (Wildman–Crippen LogP) is 3.50. The molecule has 0 heterocycles. The number of ether oxygens (including phenoxy) is 1. The third kappa shape index (κ3) is 6.85. The molecule has 25 heavy (non-hydrogen) atoms. The van der Waals surface area contributed by atoms with Gasteiger partial charge in [-0.2, -0.15) is 0 Å². The van der Waals surface area contributed by atoms with Crippen LogP contribution in [0, 0.1) is 11.6 Å². The number of nitrogens with zero attached hydrogens (tertiary/aromatic N) is 1. The topological polar surface area (TPSA) is 45.7 Å². The first-order valence-electron chi connectivity index (χ1n) is 7.63. The maximum atomic E-state index is 13.6. The van der Waals surface area contributed by atoms with E-state index >= 15 is 0 Å². The fourth-order valence-electron chi connectivity index (χ4n) is 2.19. The highest BCUT2D eigenvalue weighted by Gasteiger charge is 2.04. The van der Waals surface area contributed by atoms with E-state index in [2.05, 4.69) is 15.6 Å². The molecule has 0 unspecified atom stereocenters. The molecule has 0 saturated carbocycles. The SMILES string of the molecule is CN=C(NCCc1ccc(F)cc1F)NCc1ccc(OC)cc1.I. The number of rotatable bonds is 6. The summed E-state index contributed by atoms with van der Waals surface area (Å²) in [6.07, 6.45) is 0.440. The van der Waals surface area contributed by atoms with Crippen molar-refractivity contribution in [2.45, 2.75) is 13.0 Å². The minimum atomic E-state index is -0.568. The van der Waals surface area contributed by atoms with Gasteiger partial charge in [-0.05, 0) is 35.7 Å². The van der Waals surface area contributed by atoms with Crippen molar-refractivity contribution in [1.29, 1.82) is 0 Å². The predicted molar refractivity (Wildman–Crippen MR) is 107 cm³/mol. The zero-order valence-corrected chi connectivity index (χ0v) is 16.5. The molecular formula is C18H22F2IN3O. The van der Waals surface area contributed by atoms with Gasteiger partial charge >= 0.3 is 0 Å². The smallest absolute Gasteiger partial charge is 0.191 e. The third-order valence-electron chi connectivity index (χ3n) is 3.54. The van der Waals surface area contributed by atoms with Gasteiger partial charge in [0.1, 0.15) is 17.4 Å². The van der Waals surface area contributed by atoms with Gasteiger partial charge in [-0.3, -0.25) is 4.99 Å². The van der Waals surface area contributed by atoms with Crippen LogP contribution in [-0.2, 0) is 13.0 Å². The van der Waals surface area contributed by atoms with Crippen molar-refractivity contribution in [3.8, 4) is 5.75 Å². The number of halogens is 3. The summed E-state index contributed by atoms with van der Waals surface area (Å²) >= 11 is 0. The number of hydrogen-bond acceptors (Lipinski definition) is 2. The van der Waals surface area contributed by atoms with E-state index in [1.807, 2.05) is 24.3 Å². The quantitative estimate of drug-likeness (QED) is 0.394. The molecule has 0 bridgehead atoms. The lowest BCUT2D eigenvalue weighted by atomic mass is 10.1. The summed E-state index contributed by atoms with van der Waals surface area (Å²) in [6, 6.07) is 11.3. The van der Waals surface area contributed by atoms with Gasteiger partial charge in [0.25, 0.3) is 0 Å². The molecule has 0 atom stereocenters. The van der Waals surface area contributed by atoms with Crippen molar-refractivity contribution in [2.75, 3.05) is 20.7 Å². The number of benzene rings is 2. The lowest BCUT2D eigenvalue weighted by Crippen LogP contribution is -2.37. The highest BCUT2D eigenvalue weighted by Crippen LogP contribution is 2.11. The summed E-state index contributed by atoms with van der Waals surface area (Å²) in [7, 11) is 3.30. The molecule has 4 nitrogen and oxygen atoms in total. The van der Waals surface area contributed by atoms with Crippen molar-refractivity contribution in [1.82, 2.24) is 10.6 Å². The molecule has 2 rings (SSSR count). The van der Waals surface area contributed by atoms with Gasteiger partial charge in [0.05, 0.1) is 7.11 Å². The van der Waals surface area contributed by atoms with Crippen LogP contribution in [-0.4, -0.2) is 26.7 Å². The molecule has 0 radical (unpaired) electrons. The van der Waals surface area contributed by atoms with Gasteiger partial charge in [0, 0.05) is 26.2 Å². The largest absolute Gasteiger partial charge is 0.497 e. The third-order valence-corrected chi connectivity index (χ3v) is 3.54. The minimum absolute atomic E-state index is 0. The van der Waals surface area contributed by atoms with E-state index in [1.165, 1.54) is 12.1 Å². The Kier molecular flexibility index (Phi) is 9.18. The summed E-state index contributed by atoms with van der Waals surface area (Å²) in [5, 5.41) is 6.28. The van der Waals surface area contributed by atoms with E-state index in [-0.39, 0.29) is 24.0 Å². The summed E-state index contributed by atoms with van der Waals surface area (Å²) in [5.41, 5.74) is 1.55. The fraction of sp³-hybridized carbons (Fsp3) is 0.278. The van der Waals surface area contributed by atoms with E-state index < -0.39 is 11.6 Å². The Hall–Kier alpha value is -1.90. The van der Waals surface area contributed by atoms with Gasteiger partial charge < -0.3 is 15.4 Å². The summed E-state index contributed by atoms with van der Waals surface area (Å²) in [6.45, 7) is 1.10. The molecule has 0 amide bonds. The molecule has 7 heteroatoms. The monoisotopic (exact) mass is 461 g/mol. The zero-order chi connectivity index (χ0) is 17.4. The molecule has 2 aromatic rings. The molecule has 0 aliphatic rings. The second-order valence-corrected chi connectivity index (χ2v) is 5.19. The minimum Gasteiger partial charge on any atom is -0.497 e. The number of hydrogen-bond donors (Lipinski definition) is 2. The van der Waals surface area contributed by atoms with Crippen LogP contribution in [0.25, 0.3) is 0 Å². The van der Waals surface area contributed by atoms with Crippen molar-refractivity contribution in [2.24, 2.45) is 4.99 Å². The Balaban J connectivity index is 0.00000312. The lowest BCUT2D eigenvalue weighted by molar-refractivity contribution is 0.414. The molecule has 2 aromatic carbocycles. The number of aliphatic imine (C=N–C) groups is 1. The summed E-state index contributed by atoms with van der Waals surface area (Å²) in [5.74, 6) is 0.329. The molecule has 0 aliphatic carbocycles. The summed E-state index contributed by atoms with van der Waals surface area (Å²) in [4.78, 5) is 4.12. The Bertz CT molecular complexity index is 693. The van der Waals surface area contributed by atoms with Crippen LogP contribution >= 0.6 is 24.0 Å². The number of guanidine groups is 1. The van der Waals surface area contributed by atoms with Crippen molar-refractivity contribution >= 4 is 29.9 Å². The standard InChI is InChI=1S/C18H21F2N3O.HI/c1-21-18(23-12-13-3-7-16(24-2)8-4-13)22-10-9-14-5-6-15(19)11-17(14)20;/h3-8,11H,9-10,12H2,1-2H3,(H2,21,22,23);1H. The Morgan fingerprint density at radius 3 is 2.40 bits per heavy atom. The molecule has 0 saturated heterocycles. The molecule has 0 aliphatic heterocycles.